The van der Waals surface area contributed by atoms with Gasteiger partial charge in [0.15, 0.2) is 11.5 Å². The Balaban J connectivity index is 2.10. The van der Waals surface area contributed by atoms with Gasteiger partial charge in [0.1, 0.15) is 12.4 Å². The molecule has 0 bridgehead atoms. The molecule has 0 spiro atoms. The summed E-state index contributed by atoms with van der Waals surface area (Å²) in [4.78, 5) is 0. The molecule has 108 valence electrons. The molecule has 0 amide bonds. The van der Waals surface area contributed by atoms with Crippen LogP contribution in [0.1, 0.15) is 11.3 Å². The van der Waals surface area contributed by atoms with Crippen LogP contribution in [-0.4, -0.2) is 6.36 Å². The molecule has 4 nitrogen and oxygen atoms in total. The van der Waals surface area contributed by atoms with Gasteiger partial charge in [-0.3, -0.25) is 0 Å². The van der Waals surface area contributed by atoms with Gasteiger partial charge in [0.2, 0.25) is 0 Å². The molecule has 1 aromatic heterocycles. The monoisotopic (exact) mass is 287 g/mol. The number of hydrogen-bond donors (Lipinski definition) is 1. The Bertz CT molecular complexity index is 566. The number of nitrogens with two attached hydrogens (primary N) is 1. The molecule has 0 saturated heterocycles. The molecule has 1 aromatic carbocycles. The number of rotatable bonds is 5. The van der Waals surface area contributed by atoms with Crippen LogP contribution in [0.2, 0.25) is 0 Å². The van der Waals surface area contributed by atoms with Gasteiger partial charge in [0.05, 0.1) is 12.8 Å². The van der Waals surface area contributed by atoms with E-state index >= 15 is 0 Å². The summed E-state index contributed by atoms with van der Waals surface area (Å²) in [6.07, 6.45) is -3.32. The lowest BCUT2D eigenvalue weighted by molar-refractivity contribution is -0.275. The molecule has 0 aliphatic heterocycles. The molecule has 0 aliphatic rings. The molecule has 0 radical (unpaired) electrons. The average Bonchev–Trinajstić information content (AvgIpc) is 2.83. The van der Waals surface area contributed by atoms with Gasteiger partial charge in [-0.15, -0.1) is 13.2 Å². The second-order valence-corrected chi connectivity index (χ2v) is 3.86. The zero-order valence-corrected chi connectivity index (χ0v) is 10.3. The topological polar surface area (TPSA) is 57.6 Å². The minimum Gasteiger partial charge on any atom is -0.485 e. The first-order valence-electron chi connectivity index (χ1n) is 5.72. The zero-order chi connectivity index (χ0) is 14.6. The van der Waals surface area contributed by atoms with Crippen molar-refractivity contribution in [2.75, 3.05) is 0 Å². The van der Waals surface area contributed by atoms with Gasteiger partial charge < -0.3 is 19.6 Å². The van der Waals surface area contributed by atoms with Crippen LogP contribution >= 0.6 is 0 Å². The lowest BCUT2D eigenvalue weighted by Gasteiger charge is -2.13. The largest absolute Gasteiger partial charge is 0.573 e. The van der Waals surface area contributed by atoms with Crippen LogP contribution in [0, 0.1) is 0 Å². The Kier molecular flexibility index (Phi) is 4.19. The van der Waals surface area contributed by atoms with E-state index in [0.29, 0.717) is 11.3 Å². The highest BCUT2D eigenvalue weighted by atomic mass is 19.4. The number of hydrogen-bond acceptors (Lipinski definition) is 4. The number of benzene rings is 1. The summed E-state index contributed by atoms with van der Waals surface area (Å²) in [7, 11) is 0. The molecule has 2 rings (SSSR count). The summed E-state index contributed by atoms with van der Waals surface area (Å²) in [6.45, 7) is 0.230. The molecule has 2 N–H and O–H groups in total. The summed E-state index contributed by atoms with van der Waals surface area (Å²) >= 11 is 0. The van der Waals surface area contributed by atoms with Crippen molar-refractivity contribution in [3.8, 4) is 11.5 Å². The minimum absolute atomic E-state index is 0.00556. The van der Waals surface area contributed by atoms with Gasteiger partial charge in [-0.2, -0.15) is 0 Å². The zero-order valence-electron chi connectivity index (χ0n) is 10.3. The summed E-state index contributed by atoms with van der Waals surface area (Å²) in [6, 6.07) is 7.20. The van der Waals surface area contributed by atoms with E-state index in [-0.39, 0.29) is 18.9 Å². The van der Waals surface area contributed by atoms with Crippen molar-refractivity contribution in [1.29, 1.82) is 0 Å². The van der Waals surface area contributed by atoms with E-state index in [2.05, 4.69) is 4.74 Å². The highest BCUT2D eigenvalue weighted by Crippen LogP contribution is 2.32. The van der Waals surface area contributed by atoms with Crippen LogP contribution in [0.15, 0.2) is 41.0 Å². The van der Waals surface area contributed by atoms with E-state index in [1.807, 2.05) is 0 Å². The van der Waals surface area contributed by atoms with Crippen LogP contribution in [0.3, 0.4) is 0 Å². The Morgan fingerprint density at radius 2 is 1.80 bits per heavy atom. The van der Waals surface area contributed by atoms with Crippen molar-refractivity contribution in [3.05, 3.63) is 47.9 Å². The van der Waals surface area contributed by atoms with Gasteiger partial charge >= 0.3 is 6.36 Å². The van der Waals surface area contributed by atoms with Crippen LogP contribution in [0.25, 0.3) is 0 Å². The van der Waals surface area contributed by atoms with Crippen LogP contribution in [0.4, 0.5) is 13.2 Å². The van der Waals surface area contributed by atoms with Crippen molar-refractivity contribution in [3.63, 3.8) is 0 Å². The highest BCUT2D eigenvalue weighted by Gasteiger charge is 2.32. The van der Waals surface area contributed by atoms with Crippen molar-refractivity contribution in [2.24, 2.45) is 5.73 Å². The van der Waals surface area contributed by atoms with Crippen LogP contribution < -0.4 is 15.2 Å². The van der Waals surface area contributed by atoms with Crippen molar-refractivity contribution < 1.29 is 27.1 Å². The predicted molar refractivity (Wildman–Crippen MR) is 64.1 cm³/mol. The first-order valence-corrected chi connectivity index (χ1v) is 5.72. The quantitative estimate of drug-likeness (QED) is 0.917. The fraction of sp³-hybridized carbons (Fsp3) is 0.231. The SMILES string of the molecule is NCc1occc1COc1ccccc1OC(F)(F)F. The molecule has 0 atom stereocenters. The summed E-state index contributed by atoms with van der Waals surface area (Å²) in [5, 5.41) is 0. The summed E-state index contributed by atoms with van der Waals surface area (Å²) in [5.74, 6) is 0.131. The molecular weight excluding hydrogens is 275 g/mol. The van der Waals surface area contributed by atoms with Gasteiger partial charge in [-0.25, -0.2) is 0 Å². The smallest absolute Gasteiger partial charge is 0.485 e. The number of furan rings is 1. The molecule has 1 heterocycles. The van der Waals surface area contributed by atoms with Gasteiger partial charge in [-0.1, -0.05) is 12.1 Å². The molecule has 20 heavy (non-hydrogen) atoms. The van der Waals surface area contributed by atoms with Crippen LogP contribution in [0.5, 0.6) is 11.5 Å². The lowest BCUT2D eigenvalue weighted by atomic mass is 10.2. The Morgan fingerprint density at radius 1 is 1.10 bits per heavy atom. The normalized spacial score (nSPS) is 11.4. The lowest BCUT2D eigenvalue weighted by Crippen LogP contribution is -2.17. The molecule has 0 fully saturated rings. The molecule has 2 aromatic rings. The number of ether oxygens (including phenoxy) is 2. The second kappa shape index (κ2) is 5.87. The van der Waals surface area contributed by atoms with Crippen molar-refractivity contribution in [2.45, 2.75) is 19.5 Å². The maximum absolute atomic E-state index is 12.2. The minimum atomic E-state index is -4.77. The third-order valence-corrected chi connectivity index (χ3v) is 2.48. The molecule has 0 saturated carbocycles. The van der Waals surface area contributed by atoms with E-state index in [1.165, 1.54) is 24.5 Å². The van der Waals surface area contributed by atoms with E-state index in [1.54, 1.807) is 12.1 Å². The molecular formula is C13H12F3NO3. The van der Waals surface area contributed by atoms with Gasteiger partial charge in [0, 0.05) is 5.56 Å². The van der Waals surface area contributed by atoms with Gasteiger partial charge in [-0.05, 0) is 18.2 Å². The van der Waals surface area contributed by atoms with E-state index in [4.69, 9.17) is 14.9 Å². The van der Waals surface area contributed by atoms with Gasteiger partial charge in [0.25, 0.3) is 0 Å². The first-order chi connectivity index (χ1) is 9.49. The maximum Gasteiger partial charge on any atom is 0.573 e. The molecule has 0 unspecified atom stereocenters. The predicted octanol–water partition coefficient (Wildman–Crippen LogP) is 3.22. The highest BCUT2D eigenvalue weighted by molar-refractivity contribution is 5.39. The first kappa shape index (κ1) is 14.3. The van der Waals surface area contributed by atoms with Crippen LogP contribution in [-0.2, 0) is 13.2 Å². The standard InChI is InChI=1S/C13H12F3NO3/c14-13(15,16)20-11-4-2-1-3-10(11)19-8-9-5-6-18-12(9)7-17/h1-6H,7-8,17H2. The third-order valence-electron chi connectivity index (χ3n) is 2.48. The number of para-hydroxylation sites is 2. The molecule has 7 heteroatoms. The second-order valence-electron chi connectivity index (χ2n) is 3.86. The maximum atomic E-state index is 12.2. The van der Waals surface area contributed by atoms with E-state index in [9.17, 15) is 13.2 Å². The number of alkyl halides is 3. The summed E-state index contributed by atoms with van der Waals surface area (Å²) < 4.78 is 51.0. The Hall–Kier alpha value is -2.15. The van der Waals surface area contributed by atoms with E-state index < -0.39 is 12.1 Å². The fourth-order valence-corrected chi connectivity index (χ4v) is 1.61. The van der Waals surface area contributed by atoms with Crippen molar-refractivity contribution >= 4 is 0 Å². The van der Waals surface area contributed by atoms with E-state index in [0.717, 1.165) is 0 Å². The molecule has 0 aliphatic carbocycles. The fourth-order valence-electron chi connectivity index (χ4n) is 1.61. The Morgan fingerprint density at radius 3 is 2.45 bits per heavy atom. The summed E-state index contributed by atoms with van der Waals surface area (Å²) in [5.41, 5.74) is 6.13. The Labute approximate surface area is 112 Å². The van der Waals surface area contributed by atoms with Crippen molar-refractivity contribution in [1.82, 2.24) is 0 Å². The average molecular weight is 287 g/mol. The third kappa shape index (κ3) is 3.67. The number of halogens is 3.